The van der Waals surface area contributed by atoms with Gasteiger partial charge in [0.05, 0.1) is 7.11 Å². The number of ether oxygens (including phenoxy) is 1. The maximum Gasteiger partial charge on any atom is 0.160 e. The van der Waals surface area contributed by atoms with Gasteiger partial charge in [0.1, 0.15) is 0 Å². The van der Waals surface area contributed by atoms with Crippen LogP contribution in [0.1, 0.15) is 36.8 Å². The Morgan fingerprint density at radius 2 is 1.84 bits per heavy atom. The molecule has 0 radical (unpaired) electrons. The first-order valence-electron chi connectivity index (χ1n) is 7.22. The third-order valence-corrected chi connectivity index (χ3v) is 4.85. The molecule has 2 aliphatic carbocycles. The molecule has 2 aliphatic rings. The summed E-state index contributed by atoms with van der Waals surface area (Å²) >= 11 is 0. The van der Waals surface area contributed by atoms with E-state index in [0.29, 0.717) is 5.75 Å². The van der Waals surface area contributed by atoms with Crippen molar-refractivity contribution in [3.05, 3.63) is 35.4 Å². The van der Waals surface area contributed by atoms with Gasteiger partial charge in [0, 0.05) is 0 Å². The molecule has 2 nitrogen and oxygen atoms in total. The highest BCUT2D eigenvalue weighted by atomic mass is 16.5. The van der Waals surface area contributed by atoms with E-state index < -0.39 is 0 Å². The highest BCUT2D eigenvalue weighted by Crippen LogP contribution is 2.42. The fourth-order valence-corrected chi connectivity index (χ4v) is 3.73. The number of aryl methyl sites for hydroxylation is 1. The summed E-state index contributed by atoms with van der Waals surface area (Å²) in [5, 5.41) is 9.84. The minimum Gasteiger partial charge on any atom is -0.504 e. The number of aromatic hydroxyl groups is 1. The van der Waals surface area contributed by atoms with Crippen LogP contribution >= 0.6 is 0 Å². The minimum atomic E-state index is 0.272. The molecule has 3 rings (SSSR count). The molecule has 1 saturated carbocycles. The van der Waals surface area contributed by atoms with Crippen LogP contribution in [0.25, 0.3) is 0 Å². The number of benzene rings is 1. The third-order valence-electron chi connectivity index (χ3n) is 4.85. The maximum absolute atomic E-state index is 9.84. The first-order valence-corrected chi connectivity index (χ1v) is 7.22. The van der Waals surface area contributed by atoms with Crippen molar-refractivity contribution >= 4 is 0 Å². The summed E-state index contributed by atoms with van der Waals surface area (Å²) < 4.78 is 5.22. The number of phenols is 1. The predicted octanol–water partition coefficient (Wildman–Crippen LogP) is 3.86. The molecule has 2 heteroatoms. The van der Waals surface area contributed by atoms with Crippen molar-refractivity contribution in [3.63, 3.8) is 0 Å². The molecular formula is C17H22O2. The number of rotatable bonds is 2. The lowest BCUT2D eigenvalue weighted by molar-refractivity contribution is 0.305. The fourth-order valence-electron chi connectivity index (χ4n) is 3.73. The Kier molecular flexibility index (Phi) is 3.26. The van der Waals surface area contributed by atoms with Crippen molar-refractivity contribution in [3.8, 4) is 11.5 Å². The van der Waals surface area contributed by atoms with Gasteiger partial charge < -0.3 is 9.84 Å². The standard InChI is InChI=1S/C17H22O2/c1-11-3-4-12(7-11)13-5-6-14-9-16(18)17(19-2)10-15(14)8-13/h9-10,12-13,18H,1,3-8H2,2H3. The number of hydrogen-bond acceptors (Lipinski definition) is 2. The molecule has 19 heavy (non-hydrogen) atoms. The highest BCUT2D eigenvalue weighted by molar-refractivity contribution is 5.47. The van der Waals surface area contributed by atoms with Gasteiger partial charge in [-0.05, 0) is 73.6 Å². The molecule has 102 valence electrons. The summed E-state index contributed by atoms with van der Waals surface area (Å²) in [5.74, 6) is 2.48. The lowest BCUT2D eigenvalue weighted by atomic mass is 9.76. The normalized spacial score (nSPS) is 26.3. The zero-order chi connectivity index (χ0) is 13.4. The lowest BCUT2D eigenvalue weighted by Gasteiger charge is -2.29. The van der Waals surface area contributed by atoms with E-state index in [-0.39, 0.29) is 5.75 Å². The predicted molar refractivity (Wildman–Crippen MR) is 76.7 cm³/mol. The Hall–Kier alpha value is -1.44. The second-order valence-corrected chi connectivity index (χ2v) is 6.05. The van der Waals surface area contributed by atoms with E-state index in [1.165, 1.54) is 42.4 Å². The molecule has 1 aromatic carbocycles. The lowest BCUT2D eigenvalue weighted by Crippen LogP contribution is -2.21. The monoisotopic (exact) mass is 258 g/mol. The summed E-state index contributed by atoms with van der Waals surface area (Å²) in [4.78, 5) is 0. The molecule has 0 aliphatic heterocycles. The number of hydrogen-bond donors (Lipinski definition) is 1. The van der Waals surface area contributed by atoms with Gasteiger partial charge in [0.15, 0.2) is 11.5 Å². The quantitative estimate of drug-likeness (QED) is 0.816. The molecule has 0 aromatic heterocycles. The van der Waals surface area contributed by atoms with Crippen LogP contribution in [0.5, 0.6) is 11.5 Å². The van der Waals surface area contributed by atoms with E-state index in [9.17, 15) is 5.11 Å². The first-order chi connectivity index (χ1) is 9.17. The Morgan fingerprint density at radius 1 is 1.11 bits per heavy atom. The molecule has 2 atom stereocenters. The van der Waals surface area contributed by atoms with Gasteiger partial charge in [-0.1, -0.05) is 12.2 Å². The molecule has 1 aromatic rings. The van der Waals surface area contributed by atoms with Gasteiger partial charge in [-0.3, -0.25) is 0 Å². The van der Waals surface area contributed by atoms with Crippen LogP contribution < -0.4 is 4.74 Å². The van der Waals surface area contributed by atoms with Gasteiger partial charge >= 0.3 is 0 Å². The van der Waals surface area contributed by atoms with E-state index >= 15 is 0 Å². The molecule has 0 spiro atoms. The Morgan fingerprint density at radius 3 is 2.53 bits per heavy atom. The average Bonchev–Trinajstić information content (AvgIpc) is 2.84. The Labute approximate surface area is 115 Å². The second-order valence-electron chi connectivity index (χ2n) is 6.05. The van der Waals surface area contributed by atoms with Gasteiger partial charge in [0.2, 0.25) is 0 Å². The van der Waals surface area contributed by atoms with E-state index in [0.717, 1.165) is 24.7 Å². The van der Waals surface area contributed by atoms with Crippen LogP contribution in [0.4, 0.5) is 0 Å². The van der Waals surface area contributed by atoms with Crippen molar-refractivity contribution in [2.75, 3.05) is 7.11 Å². The fraction of sp³-hybridized carbons (Fsp3) is 0.529. The number of allylic oxidation sites excluding steroid dienone is 1. The third kappa shape index (κ3) is 2.36. The van der Waals surface area contributed by atoms with Crippen molar-refractivity contribution < 1.29 is 9.84 Å². The number of methoxy groups -OCH3 is 1. The van der Waals surface area contributed by atoms with Crippen LogP contribution in [-0.2, 0) is 12.8 Å². The van der Waals surface area contributed by atoms with Crippen molar-refractivity contribution in [1.29, 1.82) is 0 Å². The zero-order valence-electron chi connectivity index (χ0n) is 11.6. The maximum atomic E-state index is 9.84. The largest absolute Gasteiger partial charge is 0.504 e. The SMILES string of the molecule is C=C1CCC(C2CCc3cc(O)c(OC)cc3C2)C1. The minimum absolute atomic E-state index is 0.272. The van der Waals surface area contributed by atoms with Crippen LogP contribution in [0.2, 0.25) is 0 Å². The topological polar surface area (TPSA) is 29.5 Å². The smallest absolute Gasteiger partial charge is 0.160 e. The number of phenolic OH excluding ortho intramolecular Hbond substituents is 1. The summed E-state index contributed by atoms with van der Waals surface area (Å²) in [7, 11) is 1.61. The van der Waals surface area contributed by atoms with E-state index in [4.69, 9.17) is 4.74 Å². The van der Waals surface area contributed by atoms with E-state index in [1.54, 1.807) is 7.11 Å². The van der Waals surface area contributed by atoms with Gasteiger partial charge in [-0.15, -0.1) is 0 Å². The molecule has 1 N–H and O–H groups in total. The van der Waals surface area contributed by atoms with Crippen LogP contribution in [0, 0.1) is 11.8 Å². The highest BCUT2D eigenvalue weighted by Gasteiger charge is 2.30. The van der Waals surface area contributed by atoms with Crippen molar-refractivity contribution in [2.45, 2.75) is 38.5 Å². The van der Waals surface area contributed by atoms with E-state index in [2.05, 4.69) is 6.58 Å². The molecular weight excluding hydrogens is 236 g/mol. The van der Waals surface area contributed by atoms with Crippen LogP contribution in [0.3, 0.4) is 0 Å². The zero-order valence-corrected chi connectivity index (χ0v) is 11.6. The first kappa shape index (κ1) is 12.6. The van der Waals surface area contributed by atoms with Crippen molar-refractivity contribution in [2.24, 2.45) is 11.8 Å². The van der Waals surface area contributed by atoms with Crippen LogP contribution in [0.15, 0.2) is 24.3 Å². The summed E-state index contributed by atoms with van der Waals surface area (Å²) in [6, 6.07) is 3.92. The Bertz CT molecular complexity index is 504. The summed E-state index contributed by atoms with van der Waals surface area (Å²) in [6.45, 7) is 4.13. The van der Waals surface area contributed by atoms with Gasteiger partial charge in [-0.25, -0.2) is 0 Å². The molecule has 0 heterocycles. The molecule has 0 amide bonds. The average molecular weight is 258 g/mol. The van der Waals surface area contributed by atoms with Gasteiger partial charge in [-0.2, -0.15) is 0 Å². The summed E-state index contributed by atoms with van der Waals surface area (Å²) in [5.41, 5.74) is 4.09. The molecule has 0 bridgehead atoms. The van der Waals surface area contributed by atoms with Gasteiger partial charge in [0.25, 0.3) is 0 Å². The van der Waals surface area contributed by atoms with Crippen molar-refractivity contribution in [1.82, 2.24) is 0 Å². The van der Waals surface area contributed by atoms with E-state index in [1.807, 2.05) is 12.1 Å². The second kappa shape index (κ2) is 4.92. The number of fused-ring (bicyclic) bond motifs is 1. The molecule has 0 saturated heterocycles. The van der Waals surface area contributed by atoms with Crippen LogP contribution in [-0.4, -0.2) is 12.2 Å². The summed E-state index contributed by atoms with van der Waals surface area (Å²) in [6.07, 6.45) is 7.21. The molecule has 1 fully saturated rings. The molecule has 2 unspecified atom stereocenters. The Balaban J connectivity index is 1.81.